The van der Waals surface area contributed by atoms with E-state index >= 15 is 0 Å². The molecule has 2 nitrogen and oxygen atoms in total. The van der Waals surface area contributed by atoms with Crippen molar-refractivity contribution in [1.29, 1.82) is 0 Å². The summed E-state index contributed by atoms with van der Waals surface area (Å²) in [4.78, 5) is 0. The normalized spacial score (nSPS) is 12.7. The Morgan fingerprint density at radius 3 is 2.65 bits per heavy atom. The Kier molecular flexibility index (Phi) is 5.08. The van der Waals surface area contributed by atoms with Crippen LogP contribution in [0.3, 0.4) is 0 Å². The molecular formula is C15H16Cl2FNO. The first-order chi connectivity index (χ1) is 9.52. The van der Waals surface area contributed by atoms with Crippen LogP contribution in [0.4, 0.5) is 4.39 Å². The van der Waals surface area contributed by atoms with Gasteiger partial charge < -0.3 is 9.73 Å². The second-order valence-electron chi connectivity index (χ2n) is 4.65. The Hall–Kier alpha value is -1.03. The lowest BCUT2D eigenvalue weighted by Gasteiger charge is -2.19. The summed E-state index contributed by atoms with van der Waals surface area (Å²) >= 11 is 12.0. The van der Waals surface area contributed by atoms with Crippen molar-refractivity contribution in [3.8, 4) is 0 Å². The predicted octanol–water partition coefficient (Wildman–Crippen LogP) is 5.12. The van der Waals surface area contributed by atoms with Crippen LogP contribution < -0.4 is 5.32 Å². The van der Waals surface area contributed by atoms with E-state index in [-0.39, 0.29) is 11.9 Å². The van der Waals surface area contributed by atoms with Crippen molar-refractivity contribution in [2.45, 2.75) is 26.3 Å². The summed E-state index contributed by atoms with van der Waals surface area (Å²) in [5.41, 5.74) is 1.33. The zero-order valence-corrected chi connectivity index (χ0v) is 12.9. The van der Waals surface area contributed by atoms with Gasteiger partial charge in [0.05, 0.1) is 6.04 Å². The smallest absolute Gasteiger partial charge is 0.193 e. The molecule has 1 heterocycles. The van der Waals surface area contributed by atoms with Gasteiger partial charge >= 0.3 is 0 Å². The third kappa shape index (κ3) is 3.35. The quantitative estimate of drug-likeness (QED) is 0.828. The number of halogens is 3. The monoisotopic (exact) mass is 315 g/mol. The highest BCUT2D eigenvalue weighted by atomic mass is 35.5. The van der Waals surface area contributed by atoms with Gasteiger partial charge in [-0.25, -0.2) is 4.39 Å². The molecule has 1 N–H and O–H groups in total. The van der Waals surface area contributed by atoms with Gasteiger partial charge in [0.1, 0.15) is 11.6 Å². The minimum Gasteiger partial charge on any atom is -0.448 e. The van der Waals surface area contributed by atoms with Crippen LogP contribution in [0.15, 0.2) is 28.7 Å². The zero-order chi connectivity index (χ0) is 14.7. The highest BCUT2D eigenvalue weighted by molar-refractivity contribution is 6.31. The van der Waals surface area contributed by atoms with Gasteiger partial charge in [-0.2, -0.15) is 0 Å². The van der Waals surface area contributed by atoms with E-state index in [4.69, 9.17) is 27.6 Å². The molecule has 0 fully saturated rings. The van der Waals surface area contributed by atoms with E-state index in [2.05, 4.69) is 12.2 Å². The molecule has 1 aromatic carbocycles. The number of furan rings is 1. The minimum absolute atomic E-state index is 0.241. The lowest BCUT2D eigenvalue weighted by molar-refractivity contribution is 0.447. The van der Waals surface area contributed by atoms with E-state index in [0.29, 0.717) is 21.6 Å². The maximum atomic E-state index is 13.5. The third-order valence-electron chi connectivity index (χ3n) is 3.07. The van der Waals surface area contributed by atoms with Crippen molar-refractivity contribution in [2.75, 3.05) is 6.54 Å². The number of hydrogen-bond acceptors (Lipinski definition) is 2. The maximum absolute atomic E-state index is 13.5. The highest BCUT2D eigenvalue weighted by Gasteiger charge is 2.21. The van der Waals surface area contributed by atoms with Crippen LogP contribution in [-0.4, -0.2) is 6.54 Å². The molecule has 0 aliphatic rings. The van der Waals surface area contributed by atoms with Crippen LogP contribution in [0.1, 0.15) is 36.3 Å². The zero-order valence-electron chi connectivity index (χ0n) is 11.3. The largest absolute Gasteiger partial charge is 0.448 e. The van der Waals surface area contributed by atoms with Gasteiger partial charge in [-0.3, -0.25) is 0 Å². The fourth-order valence-corrected chi connectivity index (χ4v) is 2.45. The second-order valence-corrected chi connectivity index (χ2v) is 5.43. The Morgan fingerprint density at radius 1 is 1.30 bits per heavy atom. The fourth-order valence-electron chi connectivity index (χ4n) is 2.04. The predicted molar refractivity (Wildman–Crippen MR) is 80.0 cm³/mol. The maximum Gasteiger partial charge on any atom is 0.193 e. The first kappa shape index (κ1) is 15.4. The molecule has 2 aromatic rings. The molecule has 0 radical (unpaired) electrons. The summed E-state index contributed by atoms with van der Waals surface area (Å²) in [6.45, 7) is 4.56. The molecule has 0 amide bonds. The van der Waals surface area contributed by atoms with Gasteiger partial charge in [-0.1, -0.05) is 18.5 Å². The Balaban J connectivity index is 2.43. The van der Waals surface area contributed by atoms with Crippen molar-refractivity contribution in [3.63, 3.8) is 0 Å². The lowest BCUT2D eigenvalue weighted by Crippen LogP contribution is -2.23. The number of rotatable bonds is 5. The summed E-state index contributed by atoms with van der Waals surface area (Å²) in [5, 5.41) is 4.03. The summed E-state index contributed by atoms with van der Waals surface area (Å²) in [6.07, 6.45) is 0.961. The van der Waals surface area contributed by atoms with Crippen LogP contribution in [-0.2, 0) is 0 Å². The average Bonchev–Trinajstić information content (AvgIpc) is 2.82. The van der Waals surface area contributed by atoms with Crippen LogP contribution in [0.5, 0.6) is 0 Å². The average molecular weight is 316 g/mol. The van der Waals surface area contributed by atoms with Gasteiger partial charge in [0, 0.05) is 5.02 Å². The number of nitrogens with one attached hydrogen (secondary N) is 1. The summed E-state index contributed by atoms with van der Waals surface area (Å²) < 4.78 is 19.0. The lowest BCUT2D eigenvalue weighted by atomic mass is 10.0. The minimum atomic E-state index is -0.314. The second kappa shape index (κ2) is 6.61. The molecule has 0 saturated heterocycles. The van der Waals surface area contributed by atoms with Crippen LogP contribution in [0.2, 0.25) is 10.2 Å². The SMILES string of the molecule is CCCNC(c1ccc(Cl)o1)c1cc(C)c(F)cc1Cl. The molecule has 0 saturated carbocycles. The van der Waals surface area contributed by atoms with E-state index in [1.54, 1.807) is 25.1 Å². The Bertz CT molecular complexity index is 598. The number of hydrogen-bond donors (Lipinski definition) is 1. The van der Waals surface area contributed by atoms with Crippen molar-refractivity contribution in [1.82, 2.24) is 5.32 Å². The van der Waals surface area contributed by atoms with Gasteiger partial charge in [0.2, 0.25) is 0 Å². The van der Waals surface area contributed by atoms with Gasteiger partial charge in [0.25, 0.3) is 0 Å². The standard InChI is InChI=1S/C15H16Cl2FNO/c1-3-6-19-15(13-4-5-14(17)20-13)10-7-9(2)12(18)8-11(10)16/h4-5,7-8,15,19H,3,6H2,1-2H3. The van der Waals surface area contributed by atoms with Crippen molar-refractivity contribution in [3.05, 3.63) is 57.2 Å². The van der Waals surface area contributed by atoms with Gasteiger partial charge in [-0.05, 0) is 66.9 Å². The van der Waals surface area contributed by atoms with Crippen molar-refractivity contribution < 1.29 is 8.81 Å². The molecule has 0 spiro atoms. The van der Waals surface area contributed by atoms with Crippen molar-refractivity contribution >= 4 is 23.2 Å². The first-order valence-corrected chi connectivity index (χ1v) is 7.22. The molecular weight excluding hydrogens is 300 g/mol. The van der Waals surface area contributed by atoms with Gasteiger partial charge in [0.15, 0.2) is 5.22 Å². The highest BCUT2D eigenvalue weighted by Crippen LogP contribution is 2.32. The molecule has 0 aliphatic heterocycles. The topological polar surface area (TPSA) is 25.2 Å². The summed E-state index contributed by atoms with van der Waals surface area (Å²) in [7, 11) is 0. The molecule has 2 rings (SSSR count). The van der Waals surface area contributed by atoms with Crippen molar-refractivity contribution in [2.24, 2.45) is 0 Å². The molecule has 108 valence electrons. The van der Waals surface area contributed by atoms with Crippen LogP contribution in [0.25, 0.3) is 0 Å². The first-order valence-electron chi connectivity index (χ1n) is 6.47. The molecule has 0 aliphatic carbocycles. The van der Waals surface area contributed by atoms with E-state index in [0.717, 1.165) is 18.5 Å². The molecule has 1 unspecified atom stereocenters. The van der Waals surface area contributed by atoms with E-state index < -0.39 is 0 Å². The molecule has 1 atom stereocenters. The van der Waals surface area contributed by atoms with Crippen LogP contribution >= 0.6 is 23.2 Å². The molecule has 0 bridgehead atoms. The molecule has 5 heteroatoms. The van der Waals surface area contributed by atoms with Gasteiger partial charge in [-0.15, -0.1) is 0 Å². The third-order valence-corrected chi connectivity index (χ3v) is 3.60. The van der Waals surface area contributed by atoms with E-state index in [1.165, 1.54) is 6.07 Å². The number of aryl methyl sites for hydroxylation is 1. The Labute approximate surface area is 127 Å². The molecule has 20 heavy (non-hydrogen) atoms. The summed E-state index contributed by atoms with van der Waals surface area (Å²) in [6, 6.07) is 6.31. The van der Waals surface area contributed by atoms with Crippen LogP contribution in [0, 0.1) is 12.7 Å². The Morgan fingerprint density at radius 2 is 2.05 bits per heavy atom. The fraction of sp³-hybridized carbons (Fsp3) is 0.333. The molecule has 1 aromatic heterocycles. The number of benzene rings is 1. The summed E-state index contributed by atoms with van der Waals surface area (Å²) in [5.74, 6) is 0.349. The van der Waals surface area contributed by atoms with E-state index in [9.17, 15) is 4.39 Å². The van der Waals surface area contributed by atoms with E-state index in [1.807, 2.05) is 0 Å².